The first-order chi connectivity index (χ1) is 9.01. The molecule has 2 rings (SSSR count). The summed E-state index contributed by atoms with van der Waals surface area (Å²) in [6.45, 7) is 0. The third-order valence-corrected chi connectivity index (χ3v) is 3.91. The molecule has 2 aromatic heterocycles. The van der Waals surface area contributed by atoms with Crippen LogP contribution >= 0.6 is 15.9 Å². The van der Waals surface area contributed by atoms with Crippen LogP contribution in [0, 0.1) is 0 Å². The minimum atomic E-state index is -3.71. The zero-order valence-corrected chi connectivity index (χ0v) is 12.2. The van der Waals surface area contributed by atoms with E-state index in [1.165, 1.54) is 24.7 Å². The van der Waals surface area contributed by atoms with Gasteiger partial charge in [-0.15, -0.1) is 0 Å². The molecule has 9 heteroatoms. The van der Waals surface area contributed by atoms with Crippen LogP contribution in [0.4, 0.5) is 11.6 Å². The van der Waals surface area contributed by atoms with Crippen LogP contribution in [0.25, 0.3) is 0 Å². The fourth-order valence-corrected chi connectivity index (χ4v) is 2.39. The van der Waals surface area contributed by atoms with Gasteiger partial charge in [-0.2, -0.15) is 0 Å². The third-order valence-electron chi connectivity index (χ3n) is 2.16. The molecule has 0 bridgehead atoms. The molecule has 0 aromatic carbocycles. The topological polar surface area (TPSA) is 96.9 Å². The number of nitrogens with zero attached hydrogens (tertiary/aromatic N) is 3. The van der Waals surface area contributed by atoms with E-state index in [0.717, 1.165) is 0 Å². The molecule has 2 heterocycles. The molecule has 0 atom stereocenters. The summed E-state index contributed by atoms with van der Waals surface area (Å²) in [5.74, 6) is 0.725. The highest BCUT2D eigenvalue weighted by atomic mass is 79.9. The normalized spacial score (nSPS) is 11.1. The summed E-state index contributed by atoms with van der Waals surface area (Å²) in [6.07, 6.45) is 3.98. The maximum Gasteiger partial charge on any atom is 0.264 e. The average Bonchev–Trinajstić information content (AvgIpc) is 2.41. The largest absolute Gasteiger partial charge is 0.373 e. The molecule has 0 radical (unpaired) electrons. The number of aromatic nitrogens is 3. The summed E-state index contributed by atoms with van der Waals surface area (Å²) in [7, 11) is -2.01. The molecule has 0 saturated carbocycles. The number of hydrogen-bond acceptors (Lipinski definition) is 6. The summed E-state index contributed by atoms with van der Waals surface area (Å²) >= 11 is 3.12. The maximum atomic E-state index is 12.0. The van der Waals surface area contributed by atoms with E-state index in [1.807, 2.05) is 0 Å². The molecule has 100 valence electrons. The Bertz CT molecular complexity index is 657. The SMILES string of the molecule is CNc1ccc(S(=O)(=O)Nc2cnc(Br)cn2)cn1. The van der Waals surface area contributed by atoms with Crippen LogP contribution in [0.2, 0.25) is 0 Å². The summed E-state index contributed by atoms with van der Waals surface area (Å²) in [5.41, 5.74) is 0. The maximum absolute atomic E-state index is 12.0. The standard InChI is InChI=1S/C10H10BrN5O2S/c1-12-9-3-2-7(4-14-9)19(17,18)16-10-6-13-8(11)5-15-10/h2-6H,1H3,(H,12,14)(H,15,16). The predicted octanol–water partition coefficient (Wildman–Crippen LogP) is 1.48. The zero-order chi connectivity index (χ0) is 13.9. The van der Waals surface area contributed by atoms with Gasteiger partial charge in [0.2, 0.25) is 0 Å². The van der Waals surface area contributed by atoms with E-state index >= 15 is 0 Å². The van der Waals surface area contributed by atoms with Crippen molar-refractivity contribution in [3.8, 4) is 0 Å². The van der Waals surface area contributed by atoms with Crippen molar-refractivity contribution in [2.75, 3.05) is 17.1 Å². The van der Waals surface area contributed by atoms with Crippen molar-refractivity contribution in [2.24, 2.45) is 0 Å². The van der Waals surface area contributed by atoms with Gasteiger partial charge >= 0.3 is 0 Å². The Morgan fingerprint density at radius 2 is 1.79 bits per heavy atom. The second-order valence-corrected chi connectivity index (χ2v) is 5.95. The first-order valence-corrected chi connectivity index (χ1v) is 7.43. The Morgan fingerprint density at radius 3 is 2.32 bits per heavy atom. The molecule has 2 N–H and O–H groups in total. The molecular formula is C10H10BrN5O2S. The fourth-order valence-electron chi connectivity index (χ4n) is 1.25. The summed E-state index contributed by atoms with van der Waals surface area (Å²) in [6, 6.07) is 3.02. The minimum absolute atomic E-state index is 0.0521. The Morgan fingerprint density at radius 1 is 1.05 bits per heavy atom. The second-order valence-electron chi connectivity index (χ2n) is 3.46. The van der Waals surface area contributed by atoms with Gasteiger partial charge in [-0.1, -0.05) is 0 Å². The number of hydrogen-bond donors (Lipinski definition) is 2. The lowest BCUT2D eigenvalue weighted by Crippen LogP contribution is -2.14. The Kier molecular flexibility index (Phi) is 3.96. The van der Waals surface area contributed by atoms with Crippen LogP contribution in [0.15, 0.2) is 40.2 Å². The van der Waals surface area contributed by atoms with E-state index in [1.54, 1.807) is 13.1 Å². The van der Waals surface area contributed by atoms with Gasteiger partial charge in [-0.25, -0.2) is 23.4 Å². The molecule has 0 saturated heterocycles. The van der Waals surface area contributed by atoms with Crippen LogP contribution in [0.3, 0.4) is 0 Å². The van der Waals surface area contributed by atoms with Gasteiger partial charge in [-0.05, 0) is 28.1 Å². The van der Waals surface area contributed by atoms with Gasteiger partial charge in [-0.3, -0.25) is 4.72 Å². The number of nitrogens with one attached hydrogen (secondary N) is 2. The molecule has 0 unspecified atom stereocenters. The second kappa shape index (κ2) is 5.49. The molecule has 0 spiro atoms. The number of halogens is 1. The highest BCUT2D eigenvalue weighted by molar-refractivity contribution is 9.10. The lowest BCUT2D eigenvalue weighted by atomic mass is 10.5. The van der Waals surface area contributed by atoms with Crippen LogP contribution in [0.1, 0.15) is 0 Å². The lowest BCUT2D eigenvalue weighted by Gasteiger charge is -2.07. The highest BCUT2D eigenvalue weighted by Gasteiger charge is 2.15. The Hall–Kier alpha value is -1.74. The highest BCUT2D eigenvalue weighted by Crippen LogP contribution is 2.15. The molecule has 0 fully saturated rings. The van der Waals surface area contributed by atoms with Crippen molar-refractivity contribution in [3.63, 3.8) is 0 Å². The predicted molar refractivity (Wildman–Crippen MR) is 74.3 cm³/mol. The fraction of sp³-hybridized carbons (Fsp3) is 0.100. The van der Waals surface area contributed by atoms with Crippen LogP contribution in [-0.4, -0.2) is 30.4 Å². The minimum Gasteiger partial charge on any atom is -0.373 e. The smallest absolute Gasteiger partial charge is 0.264 e. The monoisotopic (exact) mass is 343 g/mol. The van der Waals surface area contributed by atoms with E-state index in [4.69, 9.17) is 0 Å². The van der Waals surface area contributed by atoms with E-state index in [0.29, 0.717) is 10.4 Å². The number of sulfonamides is 1. The van der Waals surface area contributed by atoms with E-state index < -0.39 is 10.0 Å². The summed E-state index contributed by atoms with van der Waals surface area (Å²) in [4.78, 5) is 11.8. The molecule has 0 aliphatic carbocycles. The van der Waals surface area contributed by atoms with Crippen LogP contribution in [-0.2, 0) is 10.0 Å². The first-order valence-electron chi connectivity index (χ1n) is 5.15. The van der Waals surface area contributed by atoms with Crippen molar-refractivity contribution in [1.82, 2.24) is 15.0 Å². The van der Waals surface area contributed by atoms with Crippen LogP contribution in [0.5, 0.6) is 0 Å². The number of rotatable bonds is 4. The van der Waals surface area contributed by atoms with Crippen molar-refractivity contribution < 1.29 is 8.42 Å². The van der Waals surface area contributed by atoms with Gasteiger partial charge < -0.3 is 5.32 Å². The van der Waals surface area contributed by atoms with Crippen molar-refractivity contribution in [1.29, 1.82) is 0 Å². The van der Waals surface area contributed by atoms with Crippen molar-refractivity contribution >= 4 is 37.6 Å². The molecule has 19 heavy (non-hydrogen) atoms. The van der Waals surface area contributed by atoms with E-state index in [-0.39, 0.29) is 10.7 Å². The molecule has 2 aromatic rings. The average molecular weight is 344 g/mol. The van der Waals surface area contributed by atoms with Gasteiger partial charge in [0.1, 0.15) is 15.3 Å². The molecule has 0 amide bonds. The van der Waals surface area contributed by atoms with Gasteiger partial charge in [0.15, 0.2) is 5.82 Å². The summed E-state index contributed by atoms with van der Waals surface area (Å²) in [5, 5.41) is 2.81. The van der Waals surface area contributed by atoms with Crippen molar-refractivity contribution in [3.05, 3.63) is 35.3 Å². The Balaban J connectivity index is 2.24. The van der Waals surface area contributed by atoms with Crippen LogP contribution < -0.4 is 10.0 Å². The molecular weight excluding hydrogens is 334 g/mol. The first kappa shape index (κ1) is 13.7. The van der Waals surface area contributed by atoms with E-state index in [9.17, 15) is 8.42 Å². The quantitative estimate of drug-likeness (QED) is 0.872. The summed E-state index contributed by atoms with van der Waals surface area (Å²) < 4.78 is 26.9. The van der Waals surface area contributed by atoms with Gasteiger partial charge in [0.25, 0.3) is 10.0 Å². The van der Waals surface area contributed by atoms with Crippen molar-refractivity contribution in [2.45, 2.75) is 4.90 Å². The molecule has 7 nitrogen and oxygen atoms in total. The molecule has 0 aliphatic rings. The van der Waals surface area contributed by atoms with E-state index in [2.05, 4.69) is 40.9 Å². The number of pyridine rings is 1. The number of anilines is 2. The molecule has 0 aliphatic heterocycles. The van der Waals surface area contributed by atoms with Gasteiger partial charge in [0.05, 0.1) is 12.4 Å². The van der Waals surface area contributed by atoms with Gasteiger partial charge in [0, 0.05) is 13.2 Å². The Labute approximate surface area is 118 Å². The zero-order valence-electron chi connectivity index (χ0n) is 9.83. The lowest BCUT2D eigenvalue weighted by molar-refractivity contribution is 0.600. The third kappa shape index (κ3) is 3.38.